The first-order valence-electron chi connectivity index (χ1n) is 43.5. The predicted octanol–water partition coefficient (Wildman–Crippen LogP) is 27.2. The zero-order valence-corrected chi connectivity index (χ0v) is 88.5. The molecule has 4 atom stereocenters. The zero-order chi connectivity index (χ0) is 94.2. The first kappa shape index (κ1) is 111. The van der Waals surface area contributed by atoms with Crippen molar-refractivity contribution < 1.29 is 48.0 Å². The molecule has 1 N–H and O–H groups in total. The van der Waals surface area contributed by atoms with Gasteiger partial charge in [-0.25, -0.2) is 26.5 Å². The van der Waals surface area contributed by atoms with E-state index >= 15 is 0 Å². The molecule has 0 unspecified atom stereocenters. The van der Waals surface area contributed by atoms with Crippen molar-refractivity contribution in [1.82, 2.24) is 38.2 Å². The van der Waals surface area contributed by atoms with Crippen LogP contribution < -0.4 is 0 Å². The van der Waals surface area contributed by atoms with Gasteiger partial charge in [0.15, 0.2) is 23.1 Å². The number of ketones is 4. The van der Waals surface area contributed by atoms with Crippen LogP contribution >= 0.6 is 100 Å². The molecule has 1 saturated carbocycles. The van der Waals surface area contributed by atoms with E-state index < -0.39 is 52.8 Å². The van der Waals surface area contributed by atoms with Gasteiger partial charge in [0.25, 0.3) is 0 Å². The number of pyridine rings is 4. The molecule has 8 aromatic heterocycles. The SMILES string of the molecule is CC(=O)[C@@H](OC(C)(C)C)c1c(C)nc2c(c(C)c(C)n2CC(=O)O)c1-c1ccc(Cl)cc1.CC(=O)[C@@H](OC(C)(C)C)c1c(C)nc2c(c(C)c(C)n2CC2CC2)c1-c1ccc(Cl)cc1.CCn1c(C)c(C)c2c(-c3ccc(Cl)cc3)c([C@H](OC(C)(C)C)C(C)=O)c(C)nc21.S.S.S.S.[C-]#[N+]CCCn1c(C)c(C)c2c(-c3ccc(Cl)cc3)c([C@H](OC(C)(C)C)C(C)=O)c(C)nc21. The second-order valence-corrected chi connectivity index (χ2v) is 39.4. The molecular weight excluding hydrogens is 1810 g/mol. The van der Waals surface area contributed by atoms with E-state index in [0.29, 0.717) is 43.5 Å². The molecule has 131 heavy (non-hydrogen) atoms. The summed E-state index contributed by atoms with van der Waals surface area (Å²) in [5.41, 5.74) is 24.0. The van der Waals surface area contributed by atoms with Gasteiger partial charge < -0.3 is 47.2 Å². The lowest BCUT2D eigenvalue weighted by Crippen LogP contribution is -2.27. The fraction of sp³-hybridized carbons (Fsp3) is 0.442. The van der Waals surface area contributed by atoms with Crippen molar-refractivity contribution in [1.29, 1.82) is 0 Å². The fourth-order valence-corrected chi connectivity index (χ4v) is 17.5. The van der Waals surface area contributed by atoms with Crippen molar-refractivity contribution in [3.63, 3.8) is 0 Å². The number of carbonyl (C=O) groups is 5. The molecule has 27 heteroatoms. The molecule has 0 amide bonds. The first-order chi connectivity index (χ1) is 59.2. The number of halogens is 4. The third-order valence-corrected chi connectivity index (χ3v) is 24.3. The number of hydrogen-bond donors (Lipinski definition) is 1. The number of aliphatic carboxylic acids is 1. The van der Waals surface area contributed by atoms with E-state index in [4.69, 9.17) is 91.9 Å². The van der Waals surface area contributed by atoms with E-state index in [2.05, 4.69) is 67.0 Å². The average molecular weight is 1940 g/mol. The summed E-state index contributed by atoms with van der Waals surface area (Å²) >= 11 is 24.7. The third kappa shape index (κ3) is 25.5. The number of carboxylic acids is 1. The van der Waals surface area contributed by atoms with Gasteiger partial charge in [0.1, 0.15) is 53.5 Å². The topological polar surface area (TPSA) is 218 Å². The molecule has 4 aromatic carbocycles. The third-order valence-electron chi connectivity index (χ3n) is 23.3. The number of fused-ring (bicyclic) bond motifs is 4. The summed E-state index contributed by atoms with van der Waals surface area (Å²) < 4.78 is 33.6. The predicted molar refractivity (Wildman–Crippen MR) is 558 cm³/mol. The fourth-order valence-electron chi connectivity index (χ4n) is 17.0. The molecule has 0 saturated heterocycles. The number of carboxylic acid groups (broad SMARTS) is 1. The van der Waals surface area contributed by atoms with Crippen LogP contribution in [-0.4, -0.2) is 101 Å². The van der Waals surface area contributed by atoms with Gasteiger partial charge in [0.2, 0.25) is 6.54 Å². The minimum absolute atomic E-state index is 0. The minimum atomic E-state index is -0.945. The number of nitrogens with zero attached hydrogens (tertiary/aromatic N) is 9. The summed E-state index contributed by atoms with van der Waals surface area (Å²) in [4.78, 5) is 86.2. The van der Waals surface area contributed by atoms with Crippen LogP contribution in [0.25, 0.3) is 93.5 Å². The summed E-state index contributed by atoms with van der Waals surface area (Å²) in [7, 11) is 0. The lowest BCUT2D eigenvalue weighted by Gasteiger charge is -2.29. The van der Waals surface area contributed by atoms with Gasteiger partial charge >= 0.3 is 5.97 Å². The Morgan fingerprint density at radius 3 is 0.855 bits per heavy atom. The van der Waals surface area contributed by atoms with Crippen LogP contribution in [0.2, 0.25) is 20.1 Å². The lowest BCUT2D eigenvalue weighted by atomic mass is 9.90. The molecule has 12 aromatic rings. The van der Waals surface area contributed by atoms with E-state index in [1.54, 1.807) is 37.5 Å². The molecule has 13 rings (SSSR count). The molecule has 19 nitrogen and oxygen atoms in total. The van der Waals surface area contributed by atoms with E-state index in [9.17, 15) is 29.1 Å². The largest absolute Gasteiger partial charge is 0.480 e. The summed E-state index contributed by atoms with van der Waals surface area (Å²) in [5.74, 6) is -0.452. The summed E-state index contributed by atoms with van der Waals surface area (Å²) in [6.45, 7) is 66.1. The van der Waals surface area contributed by atoms with E-state index in [0.717, 1.165) is 171 Å². The molecule has 0 aliphatic heterocycles. The highest BCUT2D eigenvalue weighted by molar-refractivity contribution is 7.59. The second-order valence-electron chi connectivity index (χ2n) is 37.7. The van der Waals surface area contributed by atoms with E-state index in [1.807, 2.05) is 210 Å². The Morgan fingerprint density at radius 2 is 0.626 bits per heavy atom. The maximum atomic E-state index is 12.9. The molecule has 1 fully saturated rings. The number of rotatable bonds is 24. The van der Waals surface area contributed by atoms with Crippen molar-refractivity contribution in [3.8, 4) is 44.5 Å². The Kier molecular flexibility index (Phi) is 38.2. The molecule has 1 aliphatic carbocycles. The minimum Gasteiger partial charge on any atom is -0.480 e. The smallest absolute Gasteiger partial charge is 0.323 e. The zero-order valence-electron chi connectivity index (χ0n) is 81.4. The second kappa shape index (κ2) is 44.9. The number of carbonyl (C=O) groups excluding carboxylic acids is 4. The highest BCUT2D eigenvalue weighted by atomic mass is 35.5. The van der Waals surface area contributed by atoms with Gasteiger partial charge in [-0.3, -0.25) is 24.0 Å². The van der Waals surface area contributed by atoms with Crippen molar-refractivity contribution in [3.05, 3.63) is 219 Å². The Labute approximate surface area is 822 Å². The Bertz CT molecular complexity index is 6260. The van der Waals surface area contributed by atoms with Crippen LogP contribution in [0.4, 0.5) is 0 Å². The Hall–Kier alpha value is -8.32. The highest BCUT2D eigenvalue weighted by Gasteiger charge is 2.39. The number of hydrogen-bond acceptors (Lipinski definition) is 13. The average Bonchev–Trinajstić information content (AvgIpc) is 1.25. The summed E-state index contributed by atoms with van der Waals surface area (Å²) in [6, 6.07) is 30.7. The summed E-state index contributed by atoms with van der Waals surface area (Å²) in [5, 5.41) is 16.1. The standard InChI is InChI=1S/C27H32ClN3O2.C27H33ClN2O2.C25H29ClN2O4.C25H31ClN2O2.4H2S/c1-16-18(3)31(15-9-14-29-8)26-22(16)24(20-10-12-21(28)13-11-20)23(17(2)30-26)25(19(4)32)33-27(5,6)7;1-15-17(3)30(14-19-8-9-19)26-22(15)24(20-10-12-21(28)13-11-20)23(16(2)29-26)25(18(4)31)32-27(5,6)7;1-13-15(3)28(12-19(30)31)24-20(13)22(17-8-10-18(26)11-9-17)21(14(2)27-24)23(16(4)29)32-25(5,6)7;1-9-28-16(4)14(2)20-22(18-10-12-19(26)13-11-18)21(15(3)27-24(20)28)23(17(5)29)30-25(6,7)8;;;;/h10-13,25H,9,14-15H2,1-7H3;10-13,19,25H,8-9,14H2,1-7H3;8-11,23H,12H2,1-7H3,(H,30,31);10-13,23H,9H2,1-8H3;4*1H2/t2*25-;2*23-;;;;/m1111..../s1. The van der Waals surface area contributed by atoms with Crippen LogP contribution in [-0.2, 0) is 69.1 Å². The number of Topliss-reactive ketones (excluding diaryl/α,β-unsaturated/α-hetero) is 4. The molecule has 0 spiro atoms. The first-order valence-corrected chi connectivity index (χ1v) is 45.0. The maximum Gasteiger partial charge on any atom is 0.323 e. The molecule has 8 heterocycles. The molecular formula is C104H133Cl4N9O10S4. The van der Waals surface area contributed by atoms with E-state index in [1.165, 1.54) is 42.3 Å². The number of aryl methyl sites for hydroxylation is 10. The van der Waals surface area contributed by atoms with Gasteiger partial charge in [-0.15, -0.1) is 0 Å². The lowest BCUT2D eigenvalue weighted by molar-refractivity contribution is -0.139. The van der Waals surface area contributed by atoms with Crippen molar-refractivity contribution in [2.75, 3.05) is 6.54 Å². The van der Waals surface area contributed by atoms with Crippen molar-refractivity contribution in [2.24, 2.45) is 5.92 Å². The van der Waals surface area contributed by atoms with Crippen LogP contribution in [0.1, 0.15) is 251 Å². The molecule has 1 aliphatic rings. The quantitative estimate of drug-likeness (QED) is 0.0440. The number of benzene rings is 4. The number of ether oxygens (including phenoxy) is 4. The highest BCUT2D eigenvalue weighted by Crippen LogP contribution is 2.49. The van der Waals surface area contributed by atoms with Crippen LogP contribution in [0, 0.1) is 95.6 Å². The molecule has 0 bridgehead atoms. The normalized spacial score (nSPS) is 13.1. The van der Waals surface area contributed by atoms with E-state index in [-0.39, 0.29) is 83.7 Å². The van der Waals surface area contributed by atoms with Gasteiger partial charge in [-0.2, -0.15) is 54.0 Å². The van der Waals surface area contributed by atoms with Crippen molar-refractivity contribution in [2.45, 2.75) is 293 Å². The van der Waals surface area contributed by atoms with Crippen LogP contribution in [0.3, 0.4) is 0 Å². The van der Waals surface area contributed by atoms with Crippen LogP contribution in [0.5, 0.6) is 0 Å². The molecule has 706 valence electrons. The Balaban J connectivity index is 0.000000266. The maximum absolute atomic E-state index is 12.9. The van der Waals surface area contributed by atoms with Gasteiger partial charge in [-0.1, -0.05) is 94.9 Å². The van der Waals surface area contributed by atoms with Gasteiger partial charge in [0.05, 0.1) is 22.4 Å². The van der Waals surface area contributed by atoms with Crippen LogP contribution in [0.15, 0.2) is 97.1 Å². The van der Waals surface area contributed by atoms with Crippen molar-refractivity contribution >= 4 is 174 Å². The monoisotopic (exact) mass is 1940 g/mol. The Morgan fingerprint density at radius 1 is 0.397 bits per heavy atom. The van der Waals surface area contributed by atoms with Gasteiger partial charge in [-0.05, 0) is 313 Å². The van der Waals surface area contributed by atoms with Gasteiger partial charge in [0, 0.05) is 158 Å². The summed E-state index contributed by atoms with van der Waals surface area (Å²) in [6.07, 6.45) is 0.380. The molecule has 0 radical (unpaired) electrons. The number of aromatic nitrogens is 8.